The SMILES string of the molecule is COc1ccc(OCCN2CCN(C(=O)c3ccc(Cl)cc3[N+](=O)[O-])CC2)cc1. The van der Waals surface area contributed by atoms with Gasteiger partial charge >= 0.3 is 0 Å². The van der Waals surface area contributed by atoms with E-state index in [1.165, 1.54) is 18.2 Å². The fourth-order valence-electron chi connectivity index (χ4n) is 3.15. The van der Waals surface area contributed by atoms with Crippen LogP contribution in [0.3, 0.4) is 0 Å². The van der Waals surface area contributed by atoms with Crippen molar-refractivity contribution in [3.05, 3.63) is 63.2 Å². The van der Waals surface area contributed by atoms with Gasteiger partial charge in [0.15, 0.2) is 0 Å². The zero-order valence-electron chi connectivity index (χ0n) is 16.0. The number of hydrogen-bond donors (Lipinski definition) is 0. The maximum absolute atomic E-state index is 12.7. The lowest BCUT2D eigenvalue weighted by atomic mass is 10.1. The molecule has 0 bridgehead atoms. The molecular weight excluding hydrogens is 398 g/mol. The number of carbonyl (C=O) groups is 1. The standard InChI is InChI=1S/C20H22ClN3O5/c1-28-16-3-5-17(6-4-16)29-13-12-22-8-10-23(11-9-22)20(25)18-7-2-15(21)14-19(18)24(26)27/h2-7,14H,8-13H2,1H3. The van der Waals surface area contributed by atoms with Gasteiger partial charge in [0.05, 0.1) is 12.0 Å². The molecule has 0 aromatic heterocycles. The van der Waals surface area contributed by atoms with E-state index >= 15 is 0 Å². The molecule has 2 aromatic carbocycles. The van der Waals surface area contributed by atoms with E-state index in [9.17, 15) is 14.9 Å². The number of hydrogen-bond acceptors (Lipinski definition) is 6. The molecule has 9 heteroatoms. The topological polar surface area (TPSA) is 85.2 Å². The molecular formula is C20H22ClN3O5. The fourth-order valence-corrected chi connectivity index (χ4v) is 3.31. The molecule has 1 aliphatic heterocycles. The van der Waals surface area contributed by atoms with Gasteiger partial charge in [-0.25, -0.2) is 0 Å². The average Bonchev–Trinajstić information content (AvgIpc) is 2.74. The number of halogens is 1. The van der Waals surface area contributed by atoms with E-state index in [4.69, 9.17) is 21.1 Å². The van der Waals surface area contributed by atoms with E-state index in [2.05, 4.69) is 4.90 Å². The lowest BCUT2D eigenvalue weighted by Gasteiger charge is -2.34. The Morgan fingerprint density at radius 2 is 1.76 bits per heavy atom. The highest BCUT2D eigenvalue weighted by Crippen LogP contribution is 2.25. The van der Waals surface area contributed by atoms with E-state index < -0.39 is 4.92 Å². The Kier molecular flexibility index (Phi) is 6.90. The van der Waals surface area contributed by atoms with Crippen LogP contribution in [0.4, 0.5) is 5.69 Å². The van der Waals surface area contributed by atoms with Crippen molar-refractivity contribution in [1.29, 1.82) is 0 Å². The Morgan fingerprint density at radius 3 is 2.38 bits per heavy atom. The highest BCUT2D eigenvalue weighted by molar-refractivity contribution is 6.31. The largest absolute Gasteiger partial charge is 0.497 e. The minimum atomic E-state index is -0.578. The molecule has 0 saturated carbocycles. The molecule has 0 N–H and O–H groups in total. The minimum Gasteiger partial charge on any atom is -0.497 e. The molecule has 1 fully saturated rings. The maximum Gasteiger partial charge on any atom is 0.283 e. The number of amides is 1. The lowest BCUT2D eigenvalue weighted by Crippen LogP contribution is -2.49. The summed E-state index contributed by atoms with van der Waals surface area (Å²) in [6.45, 7) is 3.62. The molecule has 2 aromatic rings. The smallest absolute Gasteiger partial charge is 0.283 e. The number of carbonyl (C=O) groups excluding carboxylic acids is 1. The summed E-state index contributed by atoms with van der Waals surface area (Å²) in [5.41, 5.74) is -0.200. The first-order chi connectivity index (χ1) is 14.0. The number of ether oxygens (including phenoxy) is 2. The molecule has 0 radical (unpaired) electrons. The van der Waals surface area contributed by atoms with Crippen LogP contribution < -0.4 is 9.47 Å². The molecule has 29 heavy (non-hydrogen) atoms. The fraction of sp³-hybridized carbons (Fsp3) is 0.350. The molecule has 1 saturated heterocycles. The Hall–Kier alpha value is -2.84. The van der Waals surface area contributed by atoms with E-state index in [1.54, 1.807) is 12.0 Å². The van der Waals surface area contributed by atoms with E-state index in [-0.39, 0.29) is 22.2 Å². The molecule has 0 spiro atoms. The van der Waals surface area contributed by atoms with Crippen LogP contribution in [0.15, 0.2) is 42.5 Å². The van der Waals surface area contributed by atoms with E-state index in [1.807, 2.05) is 24.3 Å². The molecule has 8 nitrogen and oxygen atoms in total. The van der Waals surface area contributed by atoms with Crippen LogP contribution in [0.2, 0.25) is 5.02 Å². The van der Waals surface area contributed by atoms with Gasteiger partial charge in [-0.05, 0) is 36.4 Å². The summed E-state index contributed by atoms with van der Waals surface area (Å²) in [6, 6.07) is 11.5. The van der Waals surface area contributed by atoms with Gasteiger partial charge in [-0.1, -0.05) is 11.6 Å². The molecule has 1 amide bonds. The summed E-state index contributed by atoms with van der Waals surface area (Å²) < 4.78 is 10.9. The van der Waals surface area contributed by atoms with Gasteiger partial charge in [0.1, 0.15) is 23.7 Å². The minimum absolute atomic E-state index is 0.0655. The third-order valence-corrected chi connectivity index (χ3v) is 5.02. The quantitative estimate of drug-likeness (QED) is 0.506. The highest BCUT2D eigenvalue weighted by atomic mass is 35.5. The second-order valence-electron chi connectivity index (χ2n) is 6.58. The molecule has 1 heterocycles. The van der Waals surface area contributed by atoms with Crippen molar-refractivity contribution in [3.8, 4) is 11.5 Å². The van der Waals surface area contributed by atoms with Crippen LogP contribution in [-0.4, -0.2) is 67.1 Å². The Labute approximate surface area is 173 Å². The Morgan fingerprint density at radius 1 is 1.10 bits per heavy atom. The average molecular weight is 420 g/mol. The van der Waals surface area contributed by atoms with Crippen molar-refractivity contribution in [2.45, 2.75) is 0 Å². The van der Waals surface area contributed by atoms with Crippen LogP contribution in [0, 0.1) is 10.1 Å². The summed E-state index contributed by atoms with van der Waals surface area (Å²) in [6.07, 6.45) is 0. The molecule has 1 aliphatic rings. The predicted molar refractivity (Wildman–Crippen MR) is 109 cm³/mol. The zero-order chi connectivity index (χ0) is 20.8. The predicted octanol–water partition coefficient (Wildman–Crippen LogP) is 3.09. The normalized spacial score (nSPS) is 14.5. The third kappa shape index (κ3) is 5.36. The number of nitro groups is 1. The van der Waals surface area contributed by atoms with E-state index in [0.29, 0.717) is 32.8 Å². The van der Waals surface area contributed by atoms with Gasteiger partial charge in [0.2, 0.25) is 0 Å². The van der Waals surface area contributed by atoms with Gasteiger partial charge in [0, 0.05) is 43.8 Å². The monoisotopic (exact) mass is 419 g/mol. The van der Waals surface area contributed by atoms with Crippen LogP contribution in [0.5, 0.6) is 11.5 Å². The van der Waals surface area contributed by atoms with Crippen molar-refractivity contribution in [1.82, 2.24) is 9.80 Å². The number of methoxy groups -OCH3 is 1. The van der Waals surface area contributed by atoms with Crippen LogP contribution in [-0.2, 0) is 0 Å². The zero-order valence-corrected chi connectivity index (χ0v) is 16.8. The molecule has 154 valence electrons. The van der Waals surface area contributed by atoms with Crippen molar-refractivity contribution in [2.75, 3.05) is 46.4 Å². The molecule has 0 unspecified atom stereocenters. The van der Waals surface area contributed by atoms with Gasteiger partial charge in [-0.15, -0.1) is 0 Å². The summed E-state index contributed by atoms with van der Waals surface area (Å²) in [5.74, 6) is 1.20. The summed E-state index contributed by atoms with van der Waals surface area (Å²) in [4.78, 5) is 27.2. The van der Waals surface area contributed by atoms with Crippen LogP contribution in [0.1, 0.15) is 10.4 Å². The van der Waals surface area contributed by atoms with Gasteiger partial charge < -0.3 is 14.4 Å². The number of nitrogens with zero attached hydrogens (tertiary/aromatic N) is 3. The third-order valence-electron chi connectivity index (χ3n) is 4.78. The first-order valence-corrected chi connectivity index (χ1v) is 9.58. The summed E-state index contributed by atoms with van der Waals surface area (Å²) in [7, 11) is 1.62. The number of rotatable bonds is 7. The highest BCUT2D eigenvalue weighted by Gasteiger charge is 2.27. The molecule has 0 aliphatic carbocycles. The van der Waals surface area contributed by atoms with Crippen molar-refractivity contribution in [2.24, 2.45) is 0 Å². The van der Waals surface area contributed by atoms with Crippen molar-refractivity contribution >= 4 is 23.2 Å². The number of nitro benzene ring substituents is 1. The number of piperazine rings is 1. The number of benzene rings is 2. The van der Waals surface area contributed by atoms with E-state index in [0.717, 1.165) is 18.0 Å². The lowest BCUT2D eigenvalue weighted by molar-refractivity contribution is -0.385. The Balaban J connectivity index is 1.49. The molecule has 0 atom stereocenters. The van der Waals surface area contributed by atoms with Gasteiger partial charge in [0.25, 0.3) is 11.6 Å². The second kappa shape index (κ2) is 9.58. The van der Waals surface area contributed by atoms with Crippen molar-refractivity contribution in [3.63, 3.8) is 0 Å². The van der Waals surface area contributed by atoms with Crippen LogP contribution in [0.25, 0.3) is 0 Å². The first kappa shape index (κ1) is 20.9. The van der Waals surface area contributed by atoms with Crippen molar-refractivity contribution < 1.29 is 19.2 Å². The maximum atomic E-state index is 12.7. The van der Waals surface area contributed by atoms with Gasteiger partial charge in [-0.2, -0.15) is 0 Å². The molecule has 3 rings (SSSR count). The summed E-state index contributed by atoms with van der Waals surface area (Å²) in [5, 5.41) is 11.5. The first-order valence-electron chi connectivity index (χ1n) is 9.20. The van der Waals surface area contributed by atoms with Crippen LogP contribution >= 0.6 is 11.6 Å². The summed E-state index contributed by atoms with van der Waals surface area (Å²) >= 11 is 5.82. The Bertz CT molecular complexity index is 867. The second-order valence-corrected chi connectivity index (χ2v) is 7.01. The van der Waals surface area contributed by atoms with Gasteiger partial charge in [-0.3, -0.25) is 19.8 Å².